The van der Waals surface area contributed by atoms with Crippen LogP contribution in [-0.2, 0) is 7.05 Å². The second kappa shape index (κ2) is 4.25. The van der Waals surface area contributed by atoms with E-state index < -0.39 is 0 Å². The Morgan fingerprint density at radius 3 is 2.64 bits per heavy atom. The fourth-order valence-electron chi connectivity index (χ4n) is 4.50. The van der Waals surface area contributed by atoms with Gasteiger partial charge in [0.25, 0.3) is 6.33 Å². The van der Waals surface area contributed by atoms with Crippen molar-refractivity contribution in [2.45, 2.75) is 6.92 Å². The fourth-order valence-corrected chi connectivity index (χ4v) is 4.50. The van der Waals surface area contributed by atoms with E-state index in [4.69, 9.17) is 0 Å². The minimum Gasteiger partial charge on any atom is -0.302 e. The third kappa shape index (κ3) is 1.43. The molecule has 0 fully saturated rings. The average Bonchev–Trinajstić information content (AvgIpc) is 2.98. The fraction of sp³-hybridized carbons (Fsp3) is 0.0909. The standard InChI is InChI=1S/C22H16N3/c1-13-7-8-14-9-10-16-15-5-3-4-6-17(15)25-18-11-23-12-24(2)22(18)19(13)20(14)21(16)25/h3-12H,1-2H3/q+1. The molecular formula is C22H16N3+. The predicted molar refractivity (Wildman–Crippen MR) is 102 cm³/mol. The molecule has 0 N–H and O–H groups in total. The molecule has 3 heterocycles. The van der Waals surface area contributed by atoms with E-state index in [9.17, 15) is 0 Å². The topological polar surface area (TPSA) is 21.2 Å². The van der Waals surface area contributed by atoms with Crippen molar-refractivity contribution in [3.05, 3.63) is 66.6 Å². The molecule has 0 unspecified atom stereocenters. The first kappa shape index (κ1) is 13.1. The second-order valence-electron chi connectivity index (χ2n) is 6.91. The lowest BCUT2D eigenvalue weighted by Crippen LogP contribution is -2.30. The molecule has 118 valence electrons. The highest BCUT2D eigenvalue weighted by molar-refractivity contribution is 6.28. The summed E-state index contributed by atoms with van der Waals surface area (Å²) in [4.78, 5) is 4.48. The SMILES string of the molecule is Cc1ccc2ccc3c4ccccc4n4c5cnc[n+](C)c5c1c2c34. The lowest BCUT2D eigenvalue weighted by molar-refractivity contribution is -0.647. The van der Waals surface area contributed by atoms with E-state index in [1.165, 1.54) is 49.0 Å². The molecule has 0 aliphatic carbocycles. The van der Waals surface area contributed by atoms with Crippen LogP contribution in [0.5, 0.6) is 0 Å². The molecule has 3 heteroatoms. The normalized spacial score (nSPS) is 12.4. The summed E-state index contributed by atoms with van der Waals surface area (Å²) in [6, 6.07) is 17.6. The predicted octanol–water partition coefficient (Wildman–Crippen LogP) is 4.52. The maximum absolute atomic E-state index is 4.48. The van der Waals surface area contributed by atoms with Gasteiger partial charge in [0.05, 0.1) is 18.1 Å². The number of nitrogens with zero attached hydrogens (tertiary/aromatic N) is 3. The average molecular weight is 322 g/mol. The zero-order chi connectivity index (χ0) is 16.7. The molecule has 0 bridgehead atoms. The molecule has 3 nitrogen and oxygen atoms in total. The summed E-state index contributed by atoms with van der Waals surface area (Å²) in [6.07, 6.45) is 3.89. The lowest BCUT2D eigenvalue weighted by atomic mass is 9.97. The van der Waals surface area contributed by atoms with Crippen molar-refractivity contribution in [2.75, 3.05) is 0 Å². The zero-order valence-corrected chi connectivity index (χ0v) is 14.1. The van der Waals surface area contributed by atoms with Crippen LogP contribution < -0.4 is 4.57 Å². The maximum Gasteiger partial charge on any atom is 0.286 e. The summed E-state index contributed by atoms with van der Waals surface area (Å²) < 4.78 is 4.54. The van der Waals surface area contributed by atoms with Gasteiger partial charge in [0, 0.05) is 21.5 Å². The van der Waals surface area contributed by atoms with Gasteiger partial charge in [-0.3, -0.25) is 0 Å². The van der Waals surface area contributed by atoms with Gasteiger partial charge in [-0.05, 0) is 23.9 Å². The van der Waals surface area contributed by atoms with E-state index in [1.807, 2.05) is 12.5 Å². The first-order valence-electron chi connectivity index (χ1n) is 8.55. The summed E-state index contributed by atoms with van der Waals surface area (Å²) >= 11 is 0. The smallest absolute Gasteiger partial charge is 0.286 e. The molecule has 25 heavy (non-hydrogen) atoms. The molecule has 0 radical (unpaired) electrons. The van der Waals surface area contributed by atoms with Gasteiger partial charge in [0.15, 0.2) is 11.7 Å². The van der Waals surface area contributed by atoms with E-state index in [0.717, 1.165) is 5.52 Å². The monoisotopic (exact) mass is 322 g/mol. The van der Waals surface area contributed by atoms with Gasteiger partial charge in [0.1, 0.15) is 5.52 Å². The molecule has 6 rings (SSSR count). The molecule has 0 aliphatic rings. The molecule has 0 spiro atoms. The molecule has 3 aromatic carbocycles. The minimum atomic E-state index is 1.16. The number of benzene rings is 3. The van der Waals surface area contributed by atoms with Crippen LogP contribution in [0.3, 0.4) is 0 Å². The van der Waals surface area contributed by atoms with Gasteiger partial charge in [-0.25, -0.2) is 4.57 Å². The van der Waals surface area contributed by atoms with Crippen molar-refractivity contribution in [3.63, 3.8) is 0 Å². The number of pyridine rings is 1. The number of para-hydroxylation sites is 1. The number of aryl methyl sites for hydroxylation is 2. The van der Waals surface area contributed by atoms with Crippen molar-refractivity contribution in [2.24, 2.45) is 7.05 Å². The van der Waals surface area contributed by atoms with E-state index in [-0.39, 0.29) is 0 Å². The van der Waals surface area contributed by atoms with Gasteiger partial charge in [-0.1, -0.05) is 47.4 Å². The first-order chi connectivity index (χ1) is 12.3. The summed E-state index contributed by atoms with van der Waals surface area (Å²) in [6.45, 7) is 2.20. The number of fused-ring (bicyclic) bond motifs is 6. The van der Waals surface area contributed by atoms with Crippen LogP contribution >= 0.6 is 0 Å². The number of rotatable bonds is 0. The highest BCUT2D eigenvalue weighted by Crippen LogP contribution is 2.40. The van der Waals surface area contributed by atoms with Crippen LogP contribution in [0.25, 0.3) is 49.0 Å². The molecule has 0 amide bonds. The third-order valence-electron chi connectivity index (χ3n) is 5.54. The van der Waals surface area contributed by atoms with Gasteiger partial charge in [-0.2, -0.15) is 0 Å². The Kier molecular flexibility index (Phi) is 2.23. The first-order valence-corrected chi connectivity index (χ1v) is 8.55. The number of hydrogen-bond donors (Lipinski definition) is 0. The highest BCUT2D eigenvalue weighted by atomic mass is 15.0. The number of aromatic nitrogens is 3. The lowest BCUT2D eigenvalue weighted by Gasteiger charge is -2.13. The maximum atomic E-state index is 4.48. The van der Waals surface area contributed by atoms with E-state index in [2.05, 4.69) is 76.5 Å². The molecular weight excluding hydrogens is 306 g/mol. The number of hydrogen-bond acceptors (Lipinski definition) is 1. The Labute approximate surface area is 144 Å². The van der Waals surface area contributed by atoms with Gasteiger partial charge in [-0.15, -0.1) is 0 Å². The zero-order valence-electron chi connectivity index (χ0n) is 14.1. The Balaban J connectivity index is 2.18. The van der Waals surface area contributed by atoms with E-state index in [0.29, 0.717) is 0 Å². The minimum absolute atomic E-state index is 1.16. The van der Waals surface area contributed by atoms with E-state index >= 15 is 0 Å². The Hall–Kier alpha value is -3.20. The van der Waals surface area contributed by atoms with Crippen molar-refractivity contribution in [3.8, 4) is 0 Å². The van der Waals surface area contributed by atoms with Crippen molar-refractivity contribution in [1.29, 1.82) is 0 Å². The summed E-state index contributed by atoms with van der Waals surface area (Å²) in [7, 11) is 2.08. The summed E-state index contributed by atoms with van der Waals surface area (Å²) in [5, 5.41) is 6.58. The van der Waals surface area contributed by atoms with Gasteiger partial charge in [0.2, 0.25) is 0 Å². The van der Waals surface area contributed by atoms with E-state index in [1.54, 1.807) is 0 Å². The highest BCUT2D eigenvalue weighted by Gasteiger charge is 2.22. The Morgan fingerprint density at radius 1 is 0.880 bits per heavy atom. The van der Waals surface area contributed by atoms with Crippen LogP contribution in [0.1, 0.15) is 5.56 Å². The quantitative estimate of drug-likeness (QED) is 0.229. The van der Waals surface area contributed by atoms with Crippen LogP contribution in [0, 0.1) is 6.92 Å². The van der Waals surface area contributed by atoms with Crippen LogP contribution in [0.2, 0.25) is 0 Å². The van der Waals surface area contributed by atoms with Crippen LogP contribution in [0.4, 0.5) is 0 Å². The van der Waals surface area contributed by atoms with Gasteiger partial charge < -0.3 is 4.40 Å². The van der Waals surface area contributed by atoms with Crippen molar-refractivity contribution >= 4 is 49.0 Å². The molecule has 0 saturated carbocycles. The Bertz CT molecular complexity index is 1440. The molecule has 6 aromatic rings. The molecule has 0 atom stereocenters. The molecule has 0 aliphatic heterocycles. The van der Waals surface area contributed by atoms with Crippen LogP contribution in [-0.4, -0.2) is 9.38 Å². The molecule has 3 aromatic heterocycles. The second-order valence-corrected chi connectivity index (χ2v) is 6.91. The van der Waals surface area contributed by atoms with Crippen LogP contribution in [0.15, 0.2) is 61.1 Å². The van der Waals surface area contributed by atoms with Gasteiger partial charge >= 0.3 is 0 Å². The summed E-state index contributed by atoms with van der Waals surface area (Å²) in [5.41, 5.74) is 6.24. The third-order valence-corrected chi connectivity index (χ3v) is 5.54. The summed E-state index contributed by atoms with van der Waals surface area (Å²) in [5.74, 6) is 0. The van der Waals surface area contributed by atoms with Crippen molar-refractivity contribution < 1.29 is 4.57 Å². The molecule has 0 saturated heterocycles. The van der Waals surface area contributed by atoms with Crippen molar-refractivity contribution in [1.82, 2.24) is 9.38 Å². The largest absolute Gasteiger partial charge is 0.302 e. The Morgan fingerprint density at radius 2 is 1.72 bits per heavy atom.